The number of primary sulfonamides is 1. The van der Waals surface area contributed by atoms with Crippen LogP contribution < -0.4 is 16.2 Å². The summed E-state index contributed by atoms with van der Waals surface area (Å²) < 4.78 is 22.4. The number of anilines is 1. The Hall–Kier alpha value is -1.71. The van der Waals surface area contributed by atoms with E-state index in [1.807, 2.05) is 0 Å². The van der Waals surface area contributed by atoms with Crippen molar-refractivity contribution in [1.82, 2.24) is 0 Å². The van der Waals surface area contributed by atoms with Gasteiger partial charge in [-0.1, -0.05) is 0 Å². The van der Waals surface area contributed by atoms with Gasteiger partial charge in [0.05, 0.1) is 9.82 Å². The molecule has 0 amide bonds. The zero-order valence-electron chi connectivity index (χ0n) is 10.6. The largest absolute Gasteiger partial charge is 0.373 e. The molecule has 0 aliphatic rings. The Morgan fingerprint density at radius 2 is 2.00 bits per heavy atom. The van der Waals surface area contributed by atoms with Crippen molar-refractivity contribution in [3.8, 4) is 0 Å². The summed E-state index contributed by atoms with van der Waals surface area (Å²) in [6, 6.07) is 3.43. The van der Waals surface area contributed by atoms with Crippen LogP contribution in [0.2, 0.25) is 0 Å². The van der Waals surface area contributed by atoms with E-state index in [2.05, 4.69) is 5.32 Å². The second kappa shape index (κ2) is 5.11. The second-order valence-corrected chi connectivity index (χ2v) is 6.26. The topological polar surface area (TPSA) is 141 Å². The lowest BCUT2D eigenvalue weighted by molar-refractivity contribution is -0.384. The predicted molar refractivity (Wildman–Crippen MR) is 71.2 cm³/mol. The molecule has 8 nitrogen and oxygen atoms in total. The smallest absolute Gasteiger partial charge is 0.293 e. The molecule has 0 heterocycles. The highest BCUT2D eigenvalue weighted by Gasteiger charge is 2.23. The minimum atomic E-state index is -3.98. The van der Waals surface area contributed by atoms with Gasteiger partial charge in [-0.3, -0.25) is 10.1 Å². The SMILES string of the molecule is CC(C)(CN)Nc1ccc(S(N)(=O)=O)cc1[N+](=O)[O-]. The maximum atomic E-state index is 11.2. The van der Waals surface area contributed by atoms with E-state index in [-0.39, 0.29) is 22.8 Å². The number of hydrogen-bond acceptors (Lipinski definition) is 6. The molecule has 0 spiro atoms. The Morgan fingerprint density at radius 3 is 2.42 bits per heavy atom. The first-order valence-electron chi connectivity index (χ1n) is 5.36. The van der Waals surface area contributed by atoms with Gasteiger partial charge in [-0.15, -0.1) is 0 Å². The van der Waals surface area contributed by atoms with Gasteiger partial charge in [0.15, 0.2) is 0 Å². The lowest BCUT2D eigenvalue weighted by atomic mass is 10.1. The van der Waals surface area contributed by atoms with E-state index in [9.17, 15) is 18.5 Å². The van der Waals surface area contributed by atoms with Gasteiger partial charge >= 0.3 is 0 Å². The molecule has 1 aromatic carbocycles. The van der Waals surface area contributed by atoms with E-state index in [0.29, 0.717) is 0 Å². The van der Waals surface area contributed by atoms with Crippen LogP contribution in [0.5, 0.6) is 0 Å². The zero-order valence-corrected chi connectivity index (χ0v) is 11.4. The van der Waals surface area contributed by atoms with E-state index >= 15 is 0 Å². The van der Waals surface area contributed by atoms with Crippen LogP contribution in [0.15, 0.2) is 23.1 Å². The highest BCUT2D eigenvalue weighted by atomic mass is 32.2. The highest BCUT2D eigenvalue weighted by molar-refractivity contribution is 7.89. The molecule has 19 heavy (non-hydrogen) atoms. The van der Waals surface area contributed by atoms with Crippen LogP contribution in [-0.2, 0) is 10.0 Å². The van der Waals surface area contributed by atoms with Crippen LogP contribution in [-0.4, -0.2) is 25.4 Å². The average Bonchev–Trinajstić information content (AvgIpc) is 2.27. The molecule has 0 atom stereocenters. The fraction of sp³-hybridized carbons (Fsp3) is 0.400. The highest BCUT2D eigenvalue weighted by Crippen LogP contribution is 2.29. The van der Waals surface area contributed by atoms with E-state index in [0.717, 1.165) is 6.07 Å². The number of nitrogens with zero attached hydrogens (tertiary/aromatic N) is 1. The lowest BCUT2D eigenvalue weighted by Gasteiger charge is -2.25. The van der Waals surface area contributed by atoms with Crippen LogP contribution in [0.3, 0.4) is 0 Å². The van der Waals surface area contributed by atoms with Crippen molar-refractivity contribution >= 4 is 21.4 Å². The molecule has 1 aromatic rings. The third-order valence-corrected chi connectivity index (χ3v) is 3.39. The lowest BCUT2D eigenvalue weighted by Crippen LogP contribution is -2.39. The van der Waals surface area contributed by atoms with Crippen molar-refractivity contribution in [2.45, 2.75) is 24.3 Å². The first-order valence-corrected chi connectivity index (χ1v) is 6.91. The molecular formula is C10H16N4O4S. The number of nitro benzene ring substituents is 1. The maximum Gasteiger partial charge on any atom is 0.293 e. The van der Waals surface area contributed by atoms with E-state index in [4.69, 9.17) is 10.9 Å². The Morgan fingerprint density at radius 1 is 1.42 bits per heavy atom. The monoisotopic (exact) mass is 288 g/mol. The number of benzene rings is 1. The van der Waals surface area contributed by atoms with Crippen LogP contribution in [0.4, 0.5) is 11.4 Å². The summed E-state index contributed by atoms with van der Waals surface area (Å²) in [7, 11) is -3.98. The van der Waals surface area contributed by atoms with Gasteiger partial charge in [0.2, 0.25) is 10.0 Å². The molecule has 0 radical (unpaired) electrons. The van der Waals surface area contributed by atoms with Crippen LogP contribution >= 0.6 is 0 Å². The number of nitrogens with one attached hydrogen (secondary N) is 1. The van der Waals surface area contributed by atoms with Crippen molar-refractivity contribution in [1.29, 1.82) is 0 Å². The second-order valence-electron chi connectivity index (χ2n) is 4.69. The molecule has 1 rings (SSSR count). The molecular weight excluding hydrogens is 272 g/mol. The summed E-state index contributed by atoms with van der Waals surface area (Å²) in [6.07, 6.45) is 0. The van der Waals surface area contributed by atoms with Crippen LogP contribution in [0.1, 0.15) is 13.8 Å². The molecule has 0 saturated heterocycles. The summed E-state index contributed by atoms with van der Waals surface area (Å²) in [6.45, 7) is 3.79. The summed E-state index contributed by atoms with van der Waals surface area (Å²) in [5.74, 6) is 0. The summed E-state index contributed by atoms with van der Waals surface area (Å²) in [4.78, 5) is 9.99. The number of nitrogens with two attached hydrogens (primary N) is 2. The fourth-order valence-corrected chi connectivity index (χ4v) is 1.89. The van der Waals surface area contributed by atoms with Gasteiger partial charge in [0.25, 0.3) is 5.69 Å². The number of rotatable bonds is 5. The minimum Gasteiger partial charge on any atom is -0.373 e. The van der Waals surface area contributed by atoms with E-state index < -0.39 is 20.5 Å². The van der Waals surface area contributed by atoms with Gasteiger partial charge in [-0.05, 0) is 26.0 Å². The van der Waals surface area contributed by atoms with Gasteiger partial charge in [-0.2, -0.15) is 0 Å². The molecule has 0 saturated carbocycles. The van der Waals surface area contributed by atoms with Crippen LogP contribution in [0.25, 0.3) is 0 Å². The van der Waals surface area contributed by atoms with Gasteiger partial charge in [0, 0.05) is 18.2 Å². The van der Waals surface area contributed by atoms with Crippen LogP contribution in [0, 0.1) is 10.1 Å². The molecule has 0 aliphatic carbocycles. The third-order valence-electron chi connectivity index (χ3n) is 2.48. The third kappa shape index (κ3) is 3.88. The van der Waals surface area contributed by atoms with Crippen molar-refractivity contribution in [2.24, 2.45) is 10.9 Å². The molecule has 0 unspecified atom stereocenters. The molecule has 0 aromatic heterocycles. The number of sulfonamides is 1. The van der Waals surface area contributed by atoms with E-state index in [1.54, 1.807) is 13.8 Å². The first-order chi connectivity index (χ1) is 8.57. The van der Waals surface area contributed by atoms with Gasteiger partial charge < -0.3 is 11.1 Å². The fourth-order valence-electron chi connectivity index (χ4n) is 1.36. The summed E-state index contributed by atoms with van der Waals surface area (Å²) in [5, 5.41) is 18.8. The van der Waals surface area contributed by atoms with E-state index in [1.165, 1.54) is 12.1 Å². The van der Waals surface area contributed by atoms with Gasteiger partial charge in [-0.25, -0.2) is 13.6 Å². The molecule has 9 heteroatoms. The average molecular weight is 288 g/mol. The molecule has 0 bridgehead atoms. The van der Waals surface area contributed by atoms with Crippen molar-refractivity contribution < 1.29 is 13.3 Å². The standard InChI is InChI=1S/C10H16N4O4S/c1-10(2,6-11)13-8-4-3-7(19(12,17)18)5-9(8)14(15)16/h3-5,13H,6,11H2,1-2H3,(H2,12,17,18). The first kappa shape index (κ1) is 15.3. The van der Waals surface area contributed by atoms with Gasteiger partial charge in [0.1, 0.15) is 5.69 Å². The Labute approximate surface area is 111 Å². The predicted octanol–water partition coefficient (Wildman–Crippen LogP) is 0.391. The Kier molecular flexibility index (Phi) is 4.13. The molecule has 106 valence electrons. The minimum absolute atomic E-state index is 0.188. The molecule has 0 fully saturated rings. The van der Waals surface area contributed by atoms with Crippen molar-refractivity contribution in [3.63, 3.8) is 0 Å². The summed E-state index contributed by atoms with van der Waals surface area (Å²) in [5.41, 5.74) is 4.79. The normalized spacial score (nSPS) is 12.2. The number of nitro groups is 1. The molecule has 0 aliphatic heterocycles. The zero-order chi connectivity index (χ0) is 14.8. The molecule has 5 N–H and O–H groups in total. The van der Waals surface area contributed by atoms with Crippen molar-refractivity contribution in [2.75, 3.05) is 11.9 Å². The number of hydrogen-bond donors (Lipinski definition) is 3. The maximum absolute atomic E-state index is 11.2. The summed E-state index contributed by atoms with van der Waals surface area (Å²) >= 11 is 0. The Bertz CT molecular complexity index is 598. The quantitative estimate of drug-likeness (QED) is 0.528. The van der Waals surface area contributed by atoms with Crippen molar-refractivity contribution in [3.05, 3.63) is 28.3 Å². The Balaban J connectivity index is 3.31.